The molecule has 2 aromatic rings. The zero-order valence-corrected chi connectivity index (χ0v) is 15.4. The van der Waals surface area contributed by atoms with Gasteiger partial charge in [0.25, 0.3) is 0 Å². The van der Waals surface area contributed by atoms with Gasteiger partial charge in [-0.3, -0.25) is 9.69 Å². The molecule has 1 aromatic heterocycles. The van der Waals surface area contributed by atoms with E-state index in [-0.39, 0.29) is 18.5 Å². The summed E-state index contributed by atoms with van der Waals surface area (Å²) >= 11 is 0. The van der Waals surface area contributed by atoms with Crippen LogP contribution < -0.4 is 5.32 Å². The number of sulfone groups is 1. The second kappa shape index (κ2) is 7.69. The fraction of sp³-hybridized carbons (Fsp3) is 0.438. The SMILES string of the molecule is Cn1cnnc1[C@@H]1CCCN1CC(=O)Nc1ccc(S(=O)(=O)C(F)F)cc1. The maximum absolute atomic E-state index is 12.5. The van der Waals surface area contributed by atoms with Crippen molar-refractivity contribution in [2.75, 3.05) is 18.4 Å². The van der Waals surface area contributed by atoms with Crippen LogP contribution in [0.2, 0.25) is 0 Å². The lowest BCUT2D eigenvalue weighted by molar-refractivity contribution is -0.117. The van der Waals surface area contributed by atoms with Gasteiger partial charge in [0.2, 0.25) is 15.7 Å². The van der Waals surface area contributed by atoms with Crippen LogP contribution in [-0.4, -0.2) is 52.8 Å². The summed E-state index contributed by atoms with van der Waals surface area (Å²) in [6.07, 6.45) is 3.42. The first kappa shape index (κ1) is 19.4. The lowest BCUT2D eigenvalue weighted by atomic mass is 10.2. The lowest BCUT2D eigenvalue weighted by Gasteiger charge is -2.22. The summed E-state index contributed by atoms with van der Waals surface area (Å²) in [6.45, 7) is 0.880. The number of amides is 1. The molecule has 11 heteroatoms. The number of nitrogens with zero attached hydrogens (tertiary/aromatic N) is 4. The van der Waals surface area contributed by atoms with E-state index in [4.69, 9.17) is 0 Å². The number of aromatic nitrogens is 3. The zero-order valence-electron chi connectivity index (χ0n) is 14.5. The first-order valence-electron chi connectivity index (χ1n) is 8.29. The predicted octanol–water partition coefficient (Wildman–Crippen LogP) is 1.59. The van der Waals surface area contributed by atoms with E-state index in [0.29, 0.717) is 5.69 Å². The molecule has 1 N–H and O–H groups in total. The van der Waals surface area contributed by atoms with Gasteiger partial charge in [-0.1, -0.05) is 0 Å². The molecule has 1 fully saturated rings. The molecule has 1 saturated heterocycles. The summed E-state index contributed by atoms with van der Waals surface area (Å²) in [5.41, 5.74) is 0.336. The highest BCUT2D eigenvalue weighted by Crippen LogP contribution is 2.30. The molecule has 0 radical (unpaired) electrons. The molecule has 0 unspecified atom stereocenters. The maximum Gasteiger partial charge on any atom is 0.341 e. The largest absolute Gasteiger partial charge is 0.341 e. The van der Waals surface area contributed by atoms with E-state index in [1.54, 1.807) is 6.33 Å². The summed E-state index contributed by atoms with van der Waals surface area (Å²) < 4.78 is 49.7. The highest BCUT2D eigenvalue weighted by atomic mass is 32.2. The van der Waals surface area contributed by atoms with Crippen molar-refractivity contribution in [2.24, 2.45) is 7.05 Å². The van der Waals surface area contributed by atoms with Crippen LogP contribution in [0.25, 0.3) is 0 Å². The monoisotopic (exact) mass is 399 g/mol. The molecule has 3 rings (SSSR count). The van der Waals surface area contributed by atoms with E-state index >= 15 is 0 Å². The zero-order chi connectivity index (χ0) is 19.6. The molecular weight excluding hydrogens is 380 g/mol. The fourth-order valence-electron chi connectivity index (χ4n) is 3.12. The number of hydrogen-bond donors (Lipinski definition) is 1. The number of anilines is 1. The third-order valence-corrected chi connectivity index (χ3v) is 5.85. The van der Waals surface area contributed by atoms with Crippen LogP contribution in [0.1, 0.15) is 24.7 Å². The van der Waals surface area contributed by atoms with Crippen LogP contribution in [0.15, 0.2) is 35.5 Å². The Morgan fingerprint density at radius 3 is 2.63 bits per heavy atom. The fourth-order valence-corrected chi connectivity index (χ4v) is 3.84. The summed E-state index contributed by atoms with van der Waals surface area (Å²) in [6, 6.07) is 4.68. The Morgan fingerprint density at radius 2 is 2.04 bits per heavy atom. The van der Waals surface area contributed by atoms with Gasteiger partial charge in [0, 0.05) is 12.7 Å². The molecule has 8 nitrogen and oxygen atoms in total. The van der Waals surface area contributed by atoms with Crippen molar-refractivity contribution in [3.63, 3.8) is 0 Å². The molecule has 0 bridgehead atoms. The molecule has 1 amide bonds. The van der Waals surface area contributed by atoms with E-state index < -0.39 is 20.5 Å². The molecule has 2 heterocycles. The first-order chi connectivity index (χ1) is 12.8. The Bertz CT molecular complexity index is 914. The second-order valence-electron chi connectivity index (χ2n) is 6.31. The minimum absolute atomic E-state index is 0.00168. The third-order valence-electron chi connectivity index (χ3n) is 4.46. The minimum atomic E-state index is -4.65. The van der Waals surface area contributed by atoms with Gasteiger partial charge in [-0.2, -0.15) is 8.78 Å². The molecule has 1 aromatic carbocycles. The van der Waals surface area contributed by atoms with Crippen LogP contribution in [0.3, 0.4) is 0 Å². The molecule has 0 spiro atoms. The number of rotatable bonds is 6. The van der Waals surface area contributed by atoms with Crippen molar-refractivity contribution in [3.05, 3.63) is 36.4 Å². The summed E-state index contributed by atoms with van der Waals surface area (Å²) in [5.74, 6) is -2.97. The van der Waals surface area contributed by atoms with Gasteiger partial charge in [0.15, 0.2) is 0 Å². The van der Waals surface area contributed by atoms with Gasteiger partial charge >= 0.3 is 5.76 Å². The Hall–Kier alpha value is -2.40. The maximum atomic E-state index is 12.5. The smallest absolute Gasteiger partial charge is 0.325 e. The number of likely N-dealkylation sites (tertiary alicyclic amines) is 1. The van der Waals surface area contributed by atoms with Crippen molar-refractivity contribution in [3.8, 4) is 0 Å². The molecule has 0 saturated carbocycles. The predicted molar refractivity (Wildman–Crippen MR) is 92.8 cm³/mol. The number of benzene rings is 1. The Kier molecular flexibility index (Phi) is 5.51. The molecule has 1 atom stereocenters. The van der Waals surface area contributed by atoms with Crippen LogP contribution >= 0.6 is 0 Å². The number of aryl methyl sites for hydroxylation is 1. The van der Waals surface area contributed by atoms with Crippen LogP contribution in [0.4, 0.5) is 14.5 Å². The second-order valence-corrected chi connectivity index (χ2v) is 8.22. The van der Waals surface area contributed by atoms with Gasteiger partial charge in [-0.15, -0.1) is 10.2 Å². The molecular formula is C16H19F2N5O3S. The Morgan fingerprint density at radius 1 is 1.33 bits per heavy atom. The van der Waals surface area contributed by atoms with E-state index in [1.165, 1.54) is 12.1 Å². The number of carbonyl (C=O) groups is 1. The first-order valence-corrected chi connectivity index (χ1v) is 9.83. The van der Waals surface area contributed by atoms with Crippen molar-refractivity contribution in [1.29, 1.82) is 0 Å². The number of hydrogen-bond acceptors (Lipinski definition) is 6. The van der Waals surface area contributed by atoms with Gasteiger partial charge in [0.1, 0.15) is 12.2 Å². The molecule has 27 heavy (non-hydrogen) atoms. The Labute approximate surface area is 155 Å². The van der Waals surface area contributed by atoms with E-state index in [0.717, 1.165) is 37.3 Å². The van der Waals surface area contributed by atoms with E-state index in [9.17, 15) is 22.0 Å². The summed E-state index contributed by atoms with van der Waals surface area (Å²) in [5, 5.41) is 10.6. The van der Waals surface area contributed by atoms with Gasteiger partial charge in [-0.05, 0) is 43.7 Å². The number of carbonyl (C=O) groups excluding carboxylic acids is 1. The van der Waals surface area contributed by atoms with E-state index in [1.807, 2.05) is 16.5 Å². The summed E-state index contributed by atoms with van der Waals surface area (Å²) in [7, 11) is -2.80. The third kappa shape index (κ3) is 4.14. The number of halogens is 2. The van der Waals surface area contributed by atoms with Crippen LogP contribution in [-0.2, 0) is 21.7 Å². The van der Waals surface area contributed by atoms with Crippen molar-refractivity contribution in [1.82, 2.24) is 19.7 Å². The molecule has 1 aliphatic rings. The Balaban J connectivity index is 1.63. The molecule has 0 aliphatic carbocycles. The average molecular weight is 399 g/mol. The van der Waals surface area contributed by atoms with Gasteiger partial charge in [-0.25, -0.2) is 8.42 Å². The number of nitrogens with one attached hydrogen (secondary N) is 1. The topological polar surface area (TPSA) is 97.2 Å². The number of alkyl halides is 2. The lowest BCUT2D eigenvalue weighted by Crippen LogP contribution is -2.33. The van der Waals surface area contributed by atoms with Gasteiger partial charge < -0.3 is 9.88 Å². The summed E-state index contributed by atoms with van der Waals surface area (Å²) in [4.78, 5) is 13.8. The normalized spacial score (nSPS) is 18.1. The van der Waals surface area contributed by atoms with Crippen LogP contribution in [0, 0.1) is 0 Å². The van der Waals surface area contributed by atoms with Crippen molar-refractivity contribution in [2.45, 2.75) is 29.5 Å². The minimum Gasteiger partial charge on any atom is -0.325 e. The molecule has 146 valence electrons. The molecule has 1 aliphatic heterocycles. The average Bonchev–Trinajstić information content (AvgIpc) is 3.23. The van der Waals surface area contributed by atoms with Crippen molar-refractivity contribution >= 4 is 21.4 Å². The highest BCUT2D eigenvalue weighted by molar-refractivity contribution is 7.91. The standard InChI is InChI=1S/C16H19F2N5O3S/c1-22-10-19-21-15(22)13-3-2-8-23(13)9-14(24)20-11-4-6-12(7-5-11)27(25,26)16(17)18/h4-7,10,13,16H,2-3,8-9H2,1H3,(H,20,24)/t13-/m0/s1. The van der Waals surface area contributed by atoms with Gasteiger partial charge in [0.05, 0.1) is 17.5 Å². The van der Waals surface area contributed by atoms with Crippen molar-refractivity contribution < 1.29 is 22.0 Å². The quantitative estimate of drug-likeness (QED) is 0.792. The highest BCUT2D eigenvalue weighted by Gasteiger charge is 2.31. The van der Waals surface area contributed by atoms with Crippen LogP contribution in [0.5, 0.6) is 0 Å². The van der Waals surface area contributed by atoms with E-state index in [2.05, 4.69) is 15.5 Å².